The van der Waals surface area contributed by atoms with Crippen LogP contribution < -0.4 is 5.84 Å². The summed E-state index contributed by atoms with van der Waals surface area (Å²) in [5.41, 5.74) is 1.65. The van der Waals surface area contributed by atoms with Crippen LogP contribution in [0, 0.1) is 0 Å². The van der Waals surface area contributed by atoms with Crippen molar-refractivity contribution in [3.05, 3.63) is 59.9 Å². The molecule has 0 atom stereocenters. The highest BCUT2D eigenvalue weighted by atomic mass is 16.6. The molecule has 5 heteroatoms. The number of nitrogens with two attached hydrogens (primary N) is 1. The Bertz CT molecular complexity index is 533. The van der Waals surface area contributed by atoms with E-state index in [0.29, 0.717) is 0 Å². The SMILES string of the molecule is N/[N+](=C\c1ccc[nH]1)C(=O)OCc1ccccc1. The number of rotatable bonds is 3. The summed E-state index contributed by atoms with van der Waals surface area (Å²) in [5, 5.41) is 0. The number of nitrogens with zero attached hydrogens (tertiary/aromatic N) is 1. The summed E-state index contributed by atoms with van der Waals surface area (Å²) in [5.74, 6) is 5.56. The molecule has 92 valence electrons. The standard InChI is InChI=1S/C13H13N3O2/c14-16(9-12-7-4-8-15-12)13(17)18-10-11-5-2-1-3-6-11/h1-9H,10,14H2/p+1. The van der Waals surface area contributed by atoms with Crippen molar-refractivity contribution in [2.24, 2.45) is 5.84 Å². The van der Waals surface area contributed by atoms with Gasteiger partial charge in [-0.05, 0) is 22.4 Å². The molecular formula is C13H14N3O2+. The average molecular weight is 244 g/mol. The van der Waals surface area contributed by atoms with Gasteiger partial charge in [0, 0.05) is 6.20 Å². The number of aromatic amines is 1. The molecule has 0 saturated carbocycles. The van der Waals surface area contributed by atoms with Crippen LogP contribution in [-0.2, 0) is 11.3 Å². The number of H-pyrrole nitrogens is 1. The monoisotopic (exact) mass is 244 g/mol. The molecule has 1 heterocycles. The molecule has 0 fully saturated rings. The molecule has 2 rings (SSSR count). The predicted molar refractivity (Wildman–Crippen MR) is 67.0 cm³/mol. The van der Waals surface area contributed by atoms with Gasteiger partial charge in [0.15, 0.2) is 0 Å². The van der Waals surface area contributed by atoms with Gasteiger partial charge in [-0.25, -0.2) is 0 Å². The number of hydrazone groups is 1. The van der Waals surface area contributed by atoms with Crippen molar-refractivity contribution in [3.63, 3.8) is 0 Å². The zero-order chi connectivity index (χ0) is 12.8. The number of ether oxygens (including phenoxy) is 1. The number of hydrazine groups is 1. The van der Waals surface area contributed by atoms with E-state index in [-0.39, 0.29) is 6.61 Å². The molecule has 1 amide bonds. The van der Waals surface area contributed by atoms with Crippen LogP contribution in [0.4, 0.5) is 4.79 Å². The van der Waals surface area contributed by atoms with Crippen LogP contribution in [-0.4, -0.2) is 22.0 Å². The fourth-order valence-corrected chi connectivity index (χ4v) is 1.42. The van der Waals surface area contributed by atoms with Gasteiger partial charge >= 0.3 is 6.09 Å². The summed E-state index contributed by atoms with van der Waals surface area (Å²) in [6.45, 7) is 0.200. The zero-order valence-electron chi connectivity index (χ0n) is 9.74. The maximum atomic E-state index is 11.6. The highest BCUT2D eigenvalue weighted by molar-refractivity contribution is 5.77. The largest absolute Gasteiger partial charge is 0.626 e. The van der Waals surface area contributed by atoms with Crippen LogP contribution in [0.25, 0.3) is 0 Å². The molecule has 0 saturated heterocycles. The van der Waals surface area contributed by atoms with Gasteiger partial charge in [-0.15, -0.1) is 0 Å². The van der Waals surface area contributed by atoms with Crippen molar-refractivity contribution < 1.29 is 14.2 Å². The second kappa shape index (κ2) is 5.67. The fraction of sp³-hybridized carbons (Fsp3) is 0.0769. The van der Waals surface area contributed by atoms with Gasteiger partial charge in [0.25, 0.3) is 0 Å². The molecule has 0 radical (unpaired) electrons. The first-order valence-electron chi connectivity index (χ1n) is 5.48. The maximum Gasteiger partial charge on any atom is 0.626 e. The molecule has 18 heavy (non-hydrogen) atoms. The van der Waals surface area contributed by atoms with Crippen molar-refractivity contribution in [2.75, 3.05) is 0 Å². The van der Waals surface area contributed by atoms with E-state index in [1.807, 2.05) is 36.4 Å². The molecule has 0 aliphatic rings. The predicted octanol–water partition coefficient (Wildman–Crippen LogP) is 1.66. The average Bonchev–Trinajstić information content (AvgIpc) is 2.90. The molecule has 0 bridgehead atoms. The topological polar surface area (TPSA) is 71.1 Å². The first-order chi connectivity index (χ1) is 8.75. The number of carbonyl (C=O) groups is 1. The number of hydrogen-bond donors (Lipinski definition) is 2. The van der Waals surface area contributed by atoms with Gasteiger partial charge in [0.05, 0.1) is 0 Å². The van der Waals surface area contributed by atoms with Crippen LogP contribution in [0.2, 0.25) is 0 Å². The van der Waals surface area contributed by atoms with Crippen LogP contribution in [0.1, 0.15) is 11.3 Å². The van der Waals surface area contributed by atoms with Crippen LogP contribution in [0.5, 0.6) is 0 Å². The van der Waals surface area contributed by atoms with Crippen molar-refractivity contribution in [1.82, 2.24) is 4.98 Å². The molecule has 2 aromatic rings. The van der Waals surface area contributed by atoms with E-state index in [9.17, 15) is 4.79 Å². The highest BCUT2D eigenvalue weighted by Gasteiger charge is 2.16. The minimum absolute atomic E-state index is 0.200. The number of carbonyl (C=O) groups excluding carboxylic acids is 1. The Morgan fingerprint density at radius 1 is 1.28 bits per heavy atom. The first-order valence-corrected chi connectivity index (χ1v) is 5.48. The van der Waals surface area contributed by atoms with Crippen LogP contribution in [0.15, 0.2) is 48.7 Å². The third-order valence-electron chi connectivity index (χ3n) is 2.32. The smallest absolute Gasteiger partial charge is 0.405 e. The van der Waals surface area contributed by atoms with E-state index in [0.717, 1.165) is 15.9 Å². The summed E-state index contributed by atoms with van der Waals surface area (Å²) >= 11 is 0. The van der Waals surface area contributed by atoms with Gasteiger partial charge in [-0.3, -0.25) is 0 Å². The molecule has 0 unspecified atom stereocenters. The maximum absolute atomic E-state index is 11.6. The van der Waals surface area contributed by atoms with E-state index in [1.54, 1.807) is 12.3 Å². The summed E-state index contributed by atoms with van der Waals surface area (Å²) in [4.78, 5) is 14.5. The minimum atomic E-state index is -0.603. The molecule has 0 aliphatic carbocycles. The third kappa shape index (κ3) is 3.21. The van der Waals surface area contributed by atoms with Crippen molar-refractivity contribution in [3.8, 4) is 0 Å². The fourth-order valence-electron chi connectivity index (χ4n) is 1.42. The molecule has 1 aromatic heterocycles. The molecule has 0 spiro atoms. The number of benzene rings is 1. The van der Waals surface area contributed by atoms with Gasteiger partial charge < -0.3 is 9.72 Å². The summed E-state index contributed by atoms with van der Waals surface area (Å²) in [7, 11) is 0. The highest BCUT2D eigenvalue weighted by Crippen LogP contribution is 2.01. The Morgan fingerprint density at radius 3 is 2.72 bits per heavy atom. The Balaban J connectivity index is 1.92. The molecule has 3 N–H and O–H groups in total. The lowest BCUT2D eigenvalue weighted by Crippen LogP contribution is -2.29. The third-order valence-corrected chi connectivity index (χ3v) is 2.32. The number of nitrogens with one attached hydrogen (secondary N) is 1. The van der Waals surface area contributed by atoms with Gasteiger partial charge in [0.2, 0.25) is 6.21 Å². The second-order valence-corrected chi connectivity index (χ2v) is 3.70. The van der Waals surface area contributed by atoms with E-state index >= 15 is 0 Å². The van der Waals surface area contributed by atoms with Gasteiger partial charge in [-0.1, -0.05) is 30.3 Å². The van der Waals surface area contributed by atoms with Crippen molar-refractivity contribution in [2.45, 2.75) is 6.61 Å². The Kier molecular flexibility index (Phi) is 3.76. The molecule has 5 nitrogen and oxygen atoms in total. The summed E-state index contributed by atoms with van der Waals surface area (Å²) < 4.78 is 5.97. The van der Waals surface area contributed by atoms with Gasteiger partial charge in [-0.2, -0.15) is 10.6 Å². The second-order valence-electron chi connectivity index (χ2n) is 3.70. The molecule has 0 aliphatic heterocycles. The quantitative estimate of drug-likeness (QED) is 0.283. The number of hydrogen-bond acceptors (Lipinski definition) is 3. The Hall–Kier alpha value is -2.56. The Morgan fingerprint density at radius 2 is 2.06 bits per heavy atom. The number of aromatic nitrogens is 1. The van der Waals surface area contributed by atoms with E-state index in [4.69, 9.17) is 10.6 Å². The lowest BCUT2D eigenvalue weighted by atomic mass is 10.2. The molecule has 1 aromatic carbocycles. The lowest BCUT2D eigenvalue weighted by molar-refractivity contribution is -0.453. The minimum Gasteiger partial charge on any atom is -0.405 e. The number of amides is 1. The summed E-state index contributed by atoms with van der Waals surface area (Å²) in [6.07, 6.45) is 2.61. The molecular weight excluding hydrogens is 230 g/mol. The van der Waals surface area contributed by atoms with Gasteiger partial charge in [0.1, 0.15) is 12.3 Å². The van der Waals surface area contributed by atoms with Crippen LogP contribution >= 0.6 is 0 Å². The van der Waals surface area contributed by atoms with E-state index in [1.165, 1.54) is 6.21 Å². The van der Waals surface area contributed by atoms with Crippen molar-refractivity contribution in [1.29, 1.82) is 0 Å². The van der Waals surface area contributed by atoms with E-state index in [2.05, 4.69) is 4.98 Å². The first kappa shape index (κ1) is 11.9. The van der Waals surface area contributed by atoms with Crippen molar-refractivity contribution >= 4 is 12.3 Å². The lowest BCUT2D eigenvalue weighted by Gasteiger charge is -1.99. The normalized spacial score (nSPS) is 11.2. The van der Waals surface area contributed by atoms with Crippen LogP contribution in [0.3, 0.4) is 0 Å². The zero-order valence-corrected chi connectivity index (χ0v) is 9.74. The summed E-state index contributed by atoms with van der Waals surface area (Å²) in [6, 6.07) is 13.0. The van der Waals surface area contributed by atoms with E-state index < -0.39 is 6.09 Å². The Labute approximate surface area is 104 Å².